The highest BCUT2D eigenvalue weighted by molar-refractivity contribution is 7.90. The predicted octanol–water partition coefficient (Wildman–Crippen LogP) is 1.13. The zero-order chi connectivity index (χ0) is 12.3. The van der Waals surface area contributed by atoms with E-state index in [1.54, 1.807) is 6.20 Å². The van der Waals surface area contributed by atoms with E-state index in [-0.39, 0.29) is 11.8 Å². The maximum Gasteiger partial charge on any atom is 0.147 e. The van der Waals surface area contributed by atoms with Crippen LogP contribution in [0, 0.1) is 13.8 Å². The Kier molecular flexibility index (Phi) is 4.04. The van der Waals surface area contributed by atoms with Crippen LogP contribution in [0.4, 0.5) is 0 Å². The molecule has 0 spiro atoms. The molecule has 0 aliphatic carbocycles. The van der Waals surface area contributed by atoms with Gasteiger partial charge in [0.1, 0.15) is 9.84 Å². The molecule has 0 fully saturated rings. The van der Waals surface area contributed by atoms with Gasteiger partial charge in [0.25, 0.3) is 0 Å². The summed E-state index contributed by atoms with van der Waals surface area (Å²) in [5.41, 5.74) is 8.81. The van der Waals surface area contributed by atoms with Crippen molar-refractivity contribution in [3.63, 3.8) is 0 Å². The number of nitrogens with zero attached hydrogens (tertiary/aromatic N) is 1. The van der Waals surface area contributed by atoms with E-state index in [4.69, 9.17) is 5.73 Å². The first kappa shape index (κ1) is 13.1. The molecule has 16 heavy (non-hydrogen) atoms. The van der Waals surface area contributed by atoms with Gasteiger partial charge in [-0.15, -0.1) is 0 Å². The van der Waals surface area contributed by atoms with Crippen LogP contribution in [0.3, 0.4) is 0 Å². The van der Waals surface area contributed by atoms with E-state index in [9.17, 15) is 8.42 Å². The van der Waals surface area contributed by atoms with Gasteiger partial charge in [-0.1, -0.05) is 6.07 Å². The summed E-state index contributed by atoms with van der Waals surface area (Å²) in [6.07, 6.45) is 3.38. The minimum Gasteiger partial charge on any atom is -0.323 e. The second-order valence-corrected chi connectivity index (χ2v) is 6.50. The van der Waals surface area contributed by atoms with Gasteiger partial charge in [-0.25, -0.2) is 8.42 Å². The van der Waals surface area contributed by atoms with E-state index in [1.165, 1.54) is 6.26 Å². The minimum atomic E-state index is -2.96. The average Bonchev–Trinajstić information content (AvgIpc) is 2.13. The first-order valence-electron chi connectivity index (χ1n) is 5.16. The normalized spacial score (nSPS) is 13.8. The van der Waals surface area contributed by atoms with Gasteiger partial charge >= 0.3 is 0 Å². The molecular formula is C11H18N2O2S. The molecule has 1 unspecified atom stereocenters. The van der Waals surface area contributed by atoms with Crippen LogP contribution in [-0.2, 0) is 9.84 Å². The first-order chi connectivity index (χ1) is 7.29. The van der Waals surface area contributed by atoms with Crippen molar-refractivity contribution in [2.24, 2.45) is 5.73 Å². The Morgan fingerprint density at radius 1 is 1.44 bits per heavy atom. The summed E-state index contributed by atoms with van der Waals surface area (Å²) in [6.45, 7) is 3.90. The Hall–Kier alpha value is -0.940. The number of aryl methyl sites for hydroxylation is 2. The SMILES string of the molecule is Cc1cnc(C(N)CCS(C)(=O)=O)c(C)c1. The van der Waals surface area contributed by atoms with Crippen molar-refractivity contribution < 1.29 is 8.42 Å². The lowest BCUT2D eigenvalue weighted by atomic mass is 10.1. The van der Waals surface area contributed by atoms with Crippen LogP contribution in [0.15, 0.2) is 12.3 Å². The lowest BCUT2D eigenvalue weighted by Gasteiger charge is -2.13. The Morgan fingerprint density at radius 3 is 2.56 bits per heavy atom. The highest BCUT2D eigenvalue weighted by atomic mass is 32.2. The third-order valence-electron chi connectivity index (χ3n) is 2.41. The van der Waals surface area contributed by atoms with E-state index in [1.807, 2.05) is 19.9 Å². The van der Waals surface area contributed by atoms with E-state index in [0.717, 1.165) is 16.8 Å². The van der Waals surface area contributed by atoms with Crippen LogP contribution < -0.4 is 5.73 Å². The van der Waals surface area contributed by atoms with Crippen molar-refractivity contribution in [1.29, 1.82) is 0 Å². The van der Waals surface area contributed by atoms with E-state index >= 15 is 0 Å². The number of hydrogen-bond donors (Lipinski definition) is 1. The molecule has 0 aliphatic rings. The van der Waals surface area contributed by atoms with Crippen LogP contribution in [-0.4, -0.2) is 25.4 Å². The number of aromatic nitrogens is 1. The molecule has 90 valence electrons. The van der Waals surface area contributed by atoms with Crippen LogP contribution in [0.5, 0.6) is 0 Å². The van der Waals surface area contributed by atoms with E-state index < -0.39 is 9.84 Å². The average molecular weight is 242 g/mol. The summed E-state index contributed by atoms with van der Waals surface area (Å²) >= 11 is 0. The van der Waals surface area contributed by atoms with Gasteiger partial charge in [0, 0.05) is 18.5 Å². The molecule has 1 atom stereocenters. The quantitative estimate of drug-likeness (QED) is 0.859. The maximum atomic E-state index is 11.0. The molecule has 0 bridgehead atoms. The molecular weight excluding hydrogens is 224 g/mol. The number of hydrogen-bond acceptors (Lipinski definition) is 4. The fourth-order valence-electron chi connectivity index (χ4n) is 1.59. The summed E-state index contributed by atoms with van der Waals surface area (Å²) in [7, 11) is -2.96. The van der Waals surface area contributed by atoms with Crippen LogP contribution in [0.1, 0.15) is 29.3 Å². The van der Waals surface area contributed by atoms with Crippen molar-refractivity contribution in [2.45, 2.75) is 26.3 Å². The number of sulfone groups is 1. The molecule has 1 aromatic heterocycles. The molecule has 0 saturated heterocycles. The molecule has 1 rings (SSSR count). The molecule has 1 heterocycles. The van der Waals surface area contributed by atoms with Crippen LogP contribution in [0.2, 0.25) is 0 Å². The standard InChI is InChI=1S/C11H18N2O2S/c1-8-6-9(2)11(13-7-8)10(12)4-5-16(3,14)15/h6-7,10H,4-5,12H2,1-3H3. The molecule has 0 saturated carbocycles. The Morgan fingerprint density at radius 2 is 2.06 bits per heavy atom. The Labute approximate surface area is 96.8 Å². The molecule has 0 aliphatic heterocycles. The summed E-state index contributed by atoms with van der Waals surface area (Å²) < 4.78 is 22.1. The van der Waals surface area contributed by atoms with Gasteiger partial charge in [-0.05, 0) is 31.4 Å². The van der Waals surface area contributed by atoms with Gasteiger partial charge < -0.3 is 5.73 Å². The lowest BCUT2D eigenvalue weighted by Crippen LogP contribution is -2.18. The van der Waals surface area contributed by atoms with Crippen LogP contribution in [0.25, 0.3) is 0 Å². The molecule has 4 nitrogen and oxygen atoms in total. The van der Waals surface area contributed by atoms with Crippen molar-refractivity contribution in [1.82, 2.24) is 4.98 Å². The van der Waals surface area contributed by atoms with Crippen molar-refractivity contribution >= 4 is 9.84 Å². The van der Waals surface area contributed by atoms with E-state index in [2.05, 4.69) is 4.98 Å². The third kappa shape index (κ3) is 3.90. The summed E-state index contributed by atoms with van der Waals surface area (Å²) in [5.74, 6) is 0.100. The topological polar surface area (TPSA) is 73.0 Å². The van der Waals surface area contributed by atoms with Gasteiger partial charge in [-0.2, -0.15) is 0 Å². The second kappa shape index (κ2) is 4.93. The van der Waals surface area contributed by atoms with E-state index in [0.29, 0.717) is 6.42 Å². The minimum absolute atomic E-state index is 0.100. The smallest absolute Gasteiger partial charge is 0.147 e. The summed E-state index contributed by atoms with van der Waals surface area (Å²) in [5, 5.41) is 0. The largest absolute Gasteiger partial charge is 0.323 e. The second-order valence-electron chi connectivity index (χ2n) is 4.24. The molecule has 2 N–H and O–H groups in total. The predicted molar refractivity (Wildman–Crippen MR) is 65.0 cm³/mol. The van der Waals surface area contributed by atoms with Gasteiger partial charge in [0.15, 0.2) is 0 Å². The fourth-order valence-corrected chi connectivity index (χ4v) is 2.27. The zero-order valence-electron chi connectivity index (χ0n) is 9.90. The maximum absolute atomic E-state index is 11.0. The Balaban J connectivity index is 2.77. The van der Waals surface area contributed by atoms with Crippen molar-refractivity contribution in [3.8, 4) is 0 Å². The highest BCUT2D eigenvalue weighted by Gasteiger charge is 2.13. The van der Waals surface area contributed by atoms with Gasteiger partial charge in [0.05, 0.1) is 11.4 Å². The molecule has 1 aromatic rings. The van der Waals surface area contributed by atoms with Crippen molar-refractivity contribution in [3.05, 3.63) is 29.1 Å². The van der Waals surface area contributed by atoms with Gasteiger partial charge in [-0.3, -0.25) is 4.98 Å². The molecule has 5 heteroatoms. The summed E-state index contributed by atoms with van der Waals surface area (Å²) in [4.78, 5) is 4.26. The monoisotopic (exact) mass is 242 g/mol. The first-order valence-corrected chi connectivity index (χ1v) is 7.22. The van der Waals surface area contributed by atoms with Crippen molar-refractivity contribution in [2.75, 3.05) is 12.0 Å². The lowest BCUT2D eigenvalue weighted by molar-refractivity contribution is 0.589. The van der Waals surface area contributed by atoms with Gasteiger partial charge in [0.2, 0.25) is 0 Å². The highest BCUT2D eigenvalue weighted by Crippen LogP contribution is 2.17. The molecule has 0 amide bonds. The number of nitrogens with two attached hydrogens (primary N) is 1. The number of rotatable bonds is 4. The molecule has 0 aromatic carbocycles. The summed E-state index contributed by atoms with van der Waals surface area (Å²) in [6, 6.07) is 1.69. The zero-order valence-corrected chi connectivity index (χ0v) is 10.7. The Bertz CT molecular complexity index is 469. The molecule has 0 radical (unpaired) electrons. The number of pyridine rings is 1. The fraction of sp³-hybridized carbons (Fsp3) is 0.545. The third-order valence-corrected chi connectivity index (χ3v) is 3.38. The van der Waals surface area contributed by atoms with Crippen LogP contribution >= 0.6 is 0 Å².